The van der Waals surface area contributed by atoms with Crippen LogP contribution in [-0.2, 0) is 0 Å². The van der Waals surface area contributed by atoms with E-state index in [2.05, 4.69) is 15.9 Å². The molecule has 0 fully saturated rings. The zero-order valence-electron chi connectivity index (χ0n) is 11.5. The van der Waals surface area contributed by atoms with Gasteiger partial charge in [0.1, 0.15) is 5.82 Å². The SMILES string of the molecule is COc1cc(C(Br)c2c(C)cc(F)cc2C)ccc1F. The van der Waals surface area contributed by atoms with Crippen LogP contribution in [0.3, 0.4) is 0 Å². The fourth-order valence-electron chi connectivity index (χ4n) is 2.32. The van der Waals surface area contributed by atoms with E-state index in [9.17, 15) is 8.78 Å². The number of halogens is 3. The van der Waals surface area contributed by atoms with Crippen LogP contribution in [0.25, 0.3) is 0 Å². The van der Waals surface area contributed by atoms with E-state index in [-0.39, 0.29) is 16.4 Å². The summed E-state index contributed by atoms with van der Waals surface area (Å²) in [5.74, 6) is -0.451. The first-order valence-corrected chi connectivity index (χ1v) is 7.09. The van der Waals surface area contributed by atoms with Crippen molar-refractivity contribution in [2.75, 3.05) is 7.11 Å². The standard InChI is InChI=1S/C16H15BrF2O/c1-9-6-12(18)7-10(2)15(9)16(17)11-4-5-13(19)14(8-11)20-3/h4-8,16H,1-3H3. The first-order chi connectivity index (χ1) is 9.43. The third kappa shape index (κ3) is 2.85. The average molecular weight is 341 g/mol. The molecule has 106 valence electrons. The summed E-state index contributed by atoms with van der Waals surface area (Å²) < 4.78 is 31.8. The van der Waals surface area contributed by atoms with Crippen molar-refractivity contribution < 1.29 is 13.5 Å². The smallest absolute Gasteiger partial charge is 0.165 e. The van der Waals surface area contributed by atoms with Gasteiger partial charge >= 0.3 is 0 Å². The quantitative estimate of drug-likeness (QED) is 0.708. The number of alkyl halides is 1. The van der Waals surface area contributed by atoms with Gasteiger partial charge in [0.15, 0.2) is 11.6 Å². The number of ether oxygens (including phenoxy) is 1. The van der Waals surface area contributed by atoms with E-state index in [0.29, 0.717) is 0 Å². The molecule has 0 aromatic heterocycles. The molecule has 0 aliphatic heterocycles. The Morgan fingerprint density at radius 1 is 1.05 bits per heavy atom. The van der Waals surface area contributed by atoms with E-state index < -0.39 is 5.82 Å². The second-order valence-corrected chi connectivity index (χ2v) is 5.63. The molecule has 0 saturated heterocycles. The summed E-state index contributed by atoms with van der Waals surface area (Å²) in [6.45, 7) is 3.72. The Morgan fingerprint density at radius 3 is 2.20 bits per heavy atom. The van der Waals surface area contributed by atoms with Crippen molar-refractivity contribution in [1.29, 1.82) is 0 Å². The van der Waals surface area contributed by atoms with E-state index >= 15 is 0 Å². The van der Waals surface area contributed by atoms with Gasteiger partial charge in [0.2, 0.25) is 0 Å². The van der Waals surface area contributed by atoms with E-state index in [1.165, 1.54) is 25.3 Å². The third-order valence-electron chi connectivity index (χ3n) is 3.28. The molecule has 4 heteroatoms. The third-order valence-corrected chi connectivity index (χ3v) is 4.27. The normalized spacial score (nSPS) is 12.3. The Bertz CT molecular complexity index is 617. The molecule has 2 aromatic rings. The molecule has 20 heavy (non-hydrogen) atoms. The van der Waals surface area contributed by atoms with Gasteiger partial charge in [0, 0.05) is 0 Å². The Kier molecular flexibility index (Phi) is 4.43. The van der Waals surface area contributed by atoms with Crippen LogP contribution in [0.4, 0.5) is 8.78 Å². The van der Waals surface area contributed by atoms with Crippen LogP contribution in [0.15, 0.2) is 30.3 Å². The molecule has 2 rings (SSSR count). The van der Waals surface area contributed by atoms with Gasteiger partial charge in [0.05, 0.1) is 11.9 Å². The maximum absolute atomic E-state index is 13.5. The first kappa shape index (κ1) is 15.0. The van der Waals surface area contributed by atoms with Crippen LogP contribution in [0.2, 0.25) is 0 Å². The van der Waals surface area contributed by atoms with Crippen LogP contribution in [0.5, 0.6) is 5.75 Å². The fourth-order valence-corrected chi connectivity index (χ4v) is 3.33. The lowest BCUT2D eigenvalue weighted by Gasteiger charge is -2.17. The highest BCUT2D eigenvalue weighted by Crippen LogP contribution is 2.37. The van der Waals surface area contributed by atoms with Gasteiger partial charge in [-0.25, -0.2) is 8.78 Å². The summed E-state index contributed by atoms with van der Waals surface area (Å²) in [5.41, 5.74) is 3.56. The van der Waals surface area contributed by atoms with Gasteiger partial charge in [-0.15, -0.1) is 0 Å². The number of hydrogen-bond acceptors (Lipinski definition) is 1. The minimum Gasteiger partial charge on any atom is -0.494 e. The van der Waals surface area contributed by atoms with Gasteiger partial charge in [-0.3, -0.25) is 0 Å². The van der Waals surface area contributed by atoms with Gasteiger partial charge in [-0.2, -0.15) is 0 Å². The average Bonchev–Trinajstić information content (AvgIpc) is 2.37. The van der Waals surface area contributed by atoms with Crippen LogP contribution in [-0.4, -0.2) is 7.11 Å². The molecule has 0 aliphatic rings. The second-order valence-electron chi connectivity index (χ2n) is 4.71. The van der Waals surface area contributed by atoms with Crippen LogP contribution < -0.4 is 4.74 Å². The summed E-state index contributed by atoms with van der Waals surface area (Å²) >= 11 is 3.61. The highest BCUT2D eigenvalue weighted by molar-refractivity contribution is 9.09. The Morgan fingerprint density at radius 2 is 1.65 bits per heavy atom. The lowest BCUT2D eigenvalue weighted by molar-refractivity contribution is 0.386. The predicted octanol–water partition coefficient (Wildman–Crippen LogP) is 5.07. The molecule has 0 heterocycles. The zero-order chi connectivity index (χ0) is 14.9. The summed E-state index contributed by atoms with van der Waals surface area (Å²) in [5, 5.41) is 0. The summed E-state index contributed by atoms with van der Waals surface area (Å²) in [7, 11) is 1.43. The first-order valence-electron chi connectivity index (χ1n) is 6.18. The summed E-state index contributed by atoms with van der Waals surface area (Å²) in [6, 6.07) is 7.71. The largest absolute Gasteiger partial charge is 0.494 e. The summed E-state index contributed by atoms with van der Waals surface area (Å²) in [4.78, 5) is -0.141. The highest BCUT2D eigenvalue weighted by Gasteiger charge is 2.18. The van der Waals surface area contributed by atoms with E-state index in [4.69, 9.17) is 4.74 Å². The lowest BCUT2D eigenvalue weighted by Crippen LogP contribution is -2.01. The fraction of sp³-hybridized carbons (Fsp3) is 0.250. The molecule has 0 bridgehead atoms. The topological polar surface area (TPSA) is 9.23 Å². The van der Waals surface area contributed by atoms with Crippen LogP contribution >= 0.6 is 15.9 Å². The lowest BCUT2D eigenvalue weighted by atomic mass is 9.95. The molecule has 0 N–H and O–H groups in total. The molecular weight excluding hydrogens is 326 g/mol. The number of benzene rings is 2. The molecule has 0 radical (unpaired) electrons. The van der Waals surface area contributed by atoms with Crippen LogP contribution in [0.1, 0.15) is 27.1 Å². The molecule has 1 atom stereocenters. The van der Waals surface area contributed by atoms with Gasteiger partial charge in [-0.05, 0) is 60.4 Å². The molecular formula is C16H15BrF2O. The van der Waals surface area contributed by atoms with Crippen molar-refractivity contribution in [2.24, 2.45) is 0 Å². The summed E-state index contributed by atoms with van der Waals surface area (Å²) in [6.07, 6.45) is 0. The zero-order valence-corrected chi connectivity index (χ0v) is 13.1. The van der Waals surface area contributed by atoms with Gasteiger partial charge in [-0.1, -0.05) is 22.0 Å². The molecule has 1 unspecified atom stereocenters. The van der Waals surface area contributed by atoms with Crippen molar-refractivity contribution in [1.82, 2.24) is 0 Å². The molecule has 0 amide bonds. The molecule has 0 spiro atoms. The maximum atomic E-state index is 13.5. The number of aryl methyl sites for hydroxylation is 2. The van der Waals surface area contributed by atoms with Gasteiger partial charge < -0.3 is 4.74 Å². The molecule has 1 nitrogen and oxygen atoms in total. The minimum absolute atomic E-state index is 0.141. The Labute approximate surface area is 125 Å². The van der Waals surface area contributed by atoms with E-state index in [1.54, 1.807) is 12.1 Å². The monoisotopic (exact) mass is 340 g/mol. The van der Waals surface area contributed by atoms with Gasteiger partial charge in [0.25, 0.3) is 0 Å². The van der Waals surface area contributed by atoms with E-state index in [0.717, 1.165) is 22.3 Å². The Balaban J connectivity index is 2.49. The van der Waals surface area contributed by atoms with Crippen molar-refractivity contribution >= 4 is 15.9 Å². The molecule has 0 aliphatic carbocycles. The number of rotatable bonds is 3. The van der Waals surface area contributed by atoms with Crippen molar-refractivity contribution in [2.45, 2.75) is 18.7 Å². The van der Waals surface area contributed by atoms with E-state index in [1.807, 2.05) is 13.8 Å². The van der Waals surface area contributed by atoms with Crippen molar-refractivity contribution in [3.63, 3.8) is 0 Å². The highest BCUT2D eigenvalue weighted by atomic mass is 79.9. The maximum Gasteiger partial charge on any atom is 0.165 e. The second kappa shape index (κ2) is 5.92. The predicted molar refractivity (Wildman–Crippen MR) is 79.6 cm³/mol. The van der Waals surface area contributed by atoms with Crippen molar-refractivity contribution in [3.8, 4) is 5.75 Å². The molecule has 0 saturated carbocycles. The number of hydrogen-bond donors (Lipinski definition) is 0. The minimum atomic E-state index is -0.400. The molecule has 2 aromatic carbocycles. The Hall–Kier alpha value is -1.42. The van der Waals surface area contributed by atoms with Crippen molar-refractivity contribution in [3.05, 3.63) is 64.2 Å². The van der Waals surface area contributed by atoms with Crippen LogP contribution in [0, 0.1) is 25.5 Å². The number of methoxy groups -OCH3 is 1.